The van der Waals surface area contributed by atoms with E-state index in [-0.39, 0.29) is 0 Å². The van der Waals surface area contributed by atoms with Gasteiger partial charge in [0.15, 0.2) is 12.4 Å². The van der Waals surface area contributed by atoms with Crippen molar-refractivity contribution in [3.05, 3.63) is 30.6 Å². The minimum absolute atomic E-state index is 0.493. The maximum Gasteiger partial charge on any atom is 0.512 e. The van der Waals surface area contributed by atoms with E-state index in [2.05, 4.69) is 42.1 Å². The quantitative estimate of drug-likeness (QED) is 0.337. The van der Waals surface area contributed by atoms with Crippen LogP contribution in [-0.4, -0.2) is 27.9 Å². The van der Waals surface area contributed by atoms with Gasteiger partial charge < -0.3 is 0 Å². The number of aromatic nitrogens is 1. The number of nitrogens with one attached hydrogen (secondary N) is 1. The molecule has 0 aromatic carbocycles. The molecule has 0 aliphatic rings. The Hall–Kier alpha value is -1.41. The van der Waals surface area contributed by atoms with E-state index in [1.165, 1.54) is 45.1 Å². The highest BCUT2D eigenvalue weighted by Gasteiger charge is 2.55. The lowest BCUT2D eigenvalue weighted by Crippen LogP contribution is -2.45. The van der Waals surface area contributed by atoms with Crippen molar-refractivity contribution in [2.75, 3.05) is 0 Å². The highest BCUT2D eigenvalue weighted by atomic mass is 32.3. The second kappa shape index (κ2) is 11.7. The average molecular weight is 473 g/mol. The smallest absolute Gasteiger partial charge is 0.205 e. The van der Waals surface area contributed by atoms with Crippen LogP contribution in [0.25, 0.3) is 0 Å². The Morgan fingerprint density at radius 1 is 0.724 bits per heavy atom. The number of hydrogen-bond donors (Lipinski definition) is 1. The summed E-state index contributed by atoms with van der Waals surface area (Å²) in [6.07, 6.45) is 12.5. The summed E-state index contributed by atoms with van der Waals surface area (Å²) in [5.41, 5.74) is -12.3. The first kappa shape index (κ1) is 27.6. The molecule has 29 heavy (non-hydrogen) atoms. The van der Waals surface area contributed by atoms with Gasteiger partial charge >= 0.3 is 31.1 Å². The van der Waals surface area contributed by atoms with Crippen LogP contribution in [0, 0.1) is 0 Å². The summed E-state index contributed by atoms with van der Waals surface area (Å²) in [7, 11) is -13.2. The molecule has 170 valence electrons. The molecule has 0 radical (unpaired) electrons. The van der Waals surface area contributed by atoms with Crippen LogP contribution in [0.2, 0.25) is 0 Å². The second-order valence-electron chi connectivity index (χ2n) is 5.86. The van der Waals surface area contributed by atoms with Crippen molar-refractivity contribution in [1.29, 1.82) is 0 Å². The van der Waals surface area contributed by atoms with Crippen LogP contribution in [0.5, 0.6) is 0 Å². The number of hydrogen-bond acceptors (Lipinski definition) is 4. The number of sulfonamides is 2. The molecular formula is C15H23F6N2O4S2+. The molecule has 0 aliphatic carbocycles. The highest BCUT2D eigenvalue weighted by Crippen LogP contribution is 2.27. The molecule has 1 N–H and O–H groups in total. The molecule has 1 heterocycles. The van der Waals surface area contributed by atoms with Gasteiger partial charge in [-0.1, -0.05) is 42.8 Å². The van der Waals surface area contributed by atoms with Gasteiger partial charge in [-0.3, -0.25) is 0 Å². The lowest BCUT2D eigenvalue weighted by atomic mass is 10.1. The van der Waals surface area contributed by atoms with E-state index < -0.39 is 35.2 Å². The molecule has 0 fully saturated rings. The fourth-order valence-electron chi connectivity index (χ4n) is 1.90. The van der Waals surface area contributed by atoms with E-state index in [0.29, 0.717) is 0 Å². The molecule has 0 amide bonds. The molecule has 0 spiro atoms. The highest BCUT2D eigenvalue weighted by molar-refractivity contribution is 8.05. The number of rotatable bonds is 9. The Labute approximate surface area is 166 Å². The largest absolute Gasteiger partial charge is 0.512 e. The molecule has 0 aliphatic heterocycles. The molecule has 1 rings (SSSR count). The van der Waals surface area contributed by atoms with Crippen LogP contribution in [0.3, 0.4) is 0 Å². The molecular weight excluding hydrogens is 450 g/mol. The molecule has 0 atom stereocenters. The van der Waals surface area contributed by atoms with Gasteiger partial charge in [0.05, 0.1) is 0 Å². The van der Waals surface area contributed by atoms with E-state index in [9.17, 15) is 43.2 Å². The minimum Gasteiger partial charge on any atom is -0.205 e. The Bertz CT molecular complexity index is 752. The van der Waals surface area contributed by atoms with Gasteiger partial charge in [-0.05, 0) is 6.42 Å². The number of nitrogens with zero attached hydrogens (tertiary/aromatic N) is 1. The molecule has 1 aromatic rings. The van der Waals surface area contributed by atoms with Gasteiger partial charge in [0.25, 0.3) is 0 Å². The fourth-order valence-corrected chi connectivity index (χ4v) is 3.81. The van der Waals surface area contributed by atoms with Crippen LogP contribution < -0.4 is 8.69 Å². The first-order valence-electron chi connectivity index (χ1n) is 8.49. The Kier molecular flexibility index (Phi) is 11.1. The summed E-state index contributed by atoms with van der Waals surface area (Å²) in [5.74, 6) is 0. The number of aryl methyl sites for hydroxylation is 1. The molecule has 6 nitrogen and oxygen atoms in total. The minimum atomic E-state index is -6.60. The van der Waals surface area contributed by atoms with Gasteiger partial charge in [0.2, 0.25) is 0 Å². The van der Waals surface area contributed by atoms with E-state index in [1.807, 2.05) is 0 Å². The van der Waals surface area contributed by atoms with Crippen LogP contribution in [0.4, 0.5) is 26.3 Å². The van der Waals surface area contributed by atoms with Crippen molar-refractivity contribution in [3.8, 4) is 0 Å². The molecule has 0 bridgehead atoms. The maximum absolute atomic E-state index is 11.5. The van der Waals surface area contributed by atoms with E-state index in [0.717, 1.165) is 0 Å². The van der Waals surface area contributed by atoms with E-state index in [1.54, 1.807) is 0 Å². The maximum atomic E-state index is 11.5. The van der Waals surface area contributed by atoms with Crippen LogP contribution in [-0.2, 0) is 26.6 Å². The normalized spacial score (nSPS) is 12.9. The third-order valence-corrected chi connectivity index (χ3v) is 6.35. The van der Waals surface area contributed by atoms with Gasteiger partial charge in [-0.2, -0.15) is 26.3 Å². The van der Waals surface area contributed by atoms with Crippen molar-refractivity contribution >= 4 is 20.0 Å². The predicted octanol–water partition coefficient (Wildman–Crippen LogP) is 3.61. The van der Waals surface area contributed by atoms with Gasteiger partial charge in [0, 0.05) is 18.6 Å². The summed E-state index contributed by atoms with van der Waals surface area (Å²) in [6.45, 7) is 3.44. The first-order chi connectivity index (χ1) is 13.1. The van der Waals surface area contributed by atoms with Gasteiger partial charge in [-0.15, -0.1) is 0 Å². The molecule has 1 aromatic heterocycles. The zero-order valence-electron chi connectivity index (χ0n) is 15.5. The standard InChI is InChI=1S/C13H22N.C2HF6NO4S2/c1-2-3-4-5-6-8-11-14-12-9-7-10-13-14;3-1(4,5)14(10,11)9-15(12,13)2(6,7)8/h7,9-10,12-13H,2-6,8,11H2,1H3;9H/q+1;. The van der Waals surface area contributed by atoms with Crippen molar-refractivity contribution in [3.63, 3.8) is 0 Å². The van der Waals surface area contributed by atoms with Crippen molar-refractivity contribution in [2.24, 2.45) is 0 Å². The summed E-state index contributed by atoms with van der Waals surface area (Å²) in [6, 6.07) is 6.26. The van der Waals surface area contributed by atoms with Gasteiger partial charge in [-0.25, -0.2) is 21.4 Å². The van der Waals surface area contributed by atoms with Crippen molar-refractivity contribution < 1.29 is 47.7 Å². The number of halogens is 6. The molecule has 0 saturated heterocycles. The Morgan fingerprint density at radius 2 is 1.14 bits per heavy atom. The summed E-state index contributed by atoms with van der Waals surface area (Å²) in [5, 5.41) is 0. The van der Waals surface area contributed by atoms with Crippen molar-refractivity contribution in [1.82, 2.24) is 4.13 Å². The summed E-state index contributed by atoms with van der Waals surface area (Å²) >= 11 is 0. The first-order valence-corrected chi connectivity index (χ1v) is 11.5. The number of pyridine rings is 1. The zero-order chi connectivity index (χ0) is 22.8. The summed E-state index contributed by atoms with van der Waals surface area (Å²) < 4.78 is 111. The van der Waals surface area contributed by atoms with E-state index >= 15 is 0 Å². The molecule has 14 heteroatoms. The Morgan fingerprint density at radius 3 is 1.55 bits per heavy atom. The van der Waals surface area contributed by atoms with Crippen molar-refractivity contribution in [2.45, 2.75) is 63.0 Å². The molecule has 0 saturated carbocycles. The fraction of sp³-hybridized carbons (Fsp3) is 0.667. The predicted molar refractivity (Wildman–Crippen MR) is 93.1 cm³/mol. The van der Waals surface area contributed by atoms with E-state index in [4.69, 9.17) is 0 Å². The average Bonchev–Trinajstić information content (AvgIpc) is 2.56. The third kappa shape index (κ3) is 10.8. The third-order valence-electron chi connectivity index (χ3n) is 3.38. The molecule has 0 unspecified atom stereocenters. The topological polar surface area (TPSA) is 84.2 Å². The number of unbranched alkanes of at least 4 members (excludes halogenated alkanes) is 5. The van der Waals surface area contributed by atoms with Crippen LogP contribution >= 0.6 is 0 Å². The SMILES string of the molecule is CCCCCCCC[n+]1ccccc1.O=S(=O)(NS(=O)(=O)C(F)(F)F)C(F)(F)F. The zero-order valence-corrected chi connectivity index (χ0v) is 17.1. The lowest BCUT2D eigenvalue weighted by molar-refractivity contribution is -0.697. The van der Waals surface area contributed by atoms with Gasteiger partial charge in [0.1, 0.15) is 6.54 Å². The van der Waals surface area contributed by atoms with Crippen LogP contribution in [0.1, 0.15) is 45.4 Å². The lowest BCUT2D eigenvalue weighted by Gasteiger charge is -2.11. The van der Waals surface area contributed by atoms with Crippen LogP contribution in [0.15, 0.2) is 30.6 Å². The Balaban J connectivity index is 0.000000541. The monoisotopic (exact) mass is 473 g/mol. The second-order valence-corrected chi connectivity index (χ2v) is 9.47. The summed E-state index contributed by atoms with van der Waals surface area (Å²) in [4.78, 5) is 0. The number of alkyl halides is 6.